The number of rotatable bonds is 5. The van der Waals surface area contributed by atoms with Crippen LogP contribution < -0.4 is 9.47 Å². The van der Waals surface area contributed by atoms with Crippen LogP contribution in [0.4, 0.5) is 4.39 Å². The fourth-order valence-corrected chi connectivity index (χ4v) is 3.71. The van der Waals surface area contributed by atoms with Gasteiger partial charge in [0.15, 0.2) is 11.6 Å². The zero-order valence-electron chi connectivity index (χ0n) is 12.4. The molecule has 0 bridgehead atoms. The van der Waals surface area contributed by atoms with E-state index in [0.717, 1.165) is 40.5 Å². The Hall–Kier alpha value is -1.81. The van der Waals surface area contributed by atoms with Gasteiger partial charge < -0.3 is 9.47 Å². The fraction of sp³-hybridized carbons (Fsp3) is 0.333. The van der Waals surface area contributed by atoms with E-state index in [4.69, 9.17) is 9.47 Å². The highest BCUT2D eigenvalue weighted by Crippen LogP contribution is 2.40. The van der Waals surface area contributed by atoms with E-state index in [0.29, 0.717) is 23.2 Å². The molecule has 1 aliphatic rings. The van der Waals surface area contributed by atoms with Crippen molar-refractivity contribution in [1.29, 1.82) is 0 Å². The summed E-state index contributed by atoms with van der Waals surface area (Å²) < 4.78 is 27.6. The van der Waals surface area contributed by atoms with Crippen molar-refractivity contribution < 1.29 is 13.9 Å². The van der Waals surface area contributed by atoms with Crippen LogP contribution in [0.2, 0.25) is 0 Å². The maximum absolute atomic E-state index is 14.6. The van der Waals surface area contributed by atoms with Crippen LogP contribution in [0.5, 0.6) is 11.5 Å². The van der Waals surface area contributed by atoms with E-state index in [1.54, 1.807) is 6.07 Å². The van der Waals surface area contributed by atoms with Crippen molar-refractivity contribution in [3.63, 3.8) is 0 Å². The Bertz CT molecular complexity index is 836. The molecule has 0 aliphatic heterocycles. The SMILES string of the molecule is CCCOc1ccc2c(sc3cc(OC4CC4)ccc32)c1F. The van der Waals surface area contributed by atoms with Gasteiger partial charge in [-0.15, -0.1) is 11.3 Å². The monoisotopic (exact) mass is 316 g/mol. The maximum atomic E-state index is 14.6. The number of hydrogen-bond acceptors (Lipinski definition) is 3. The standard InChI is InChI=1S/C18H17FO2S/c1-2-9-20-15-8-7-14-13-6-5-12(21-11-3-4-11)10-16(13)22-18(14)17(15)19/h5-8,10-11H,2-4,9H2,1H3. The molecule has 4 rings (SSSR count). The normalized spacial score (nSPS) is 14.6. The predicted molar refractivity (Wildman–Crippen MR) is 88.7 cm³/mol. The van der Waals surface area contributed by atoms with Gasteiger partial charge in [-0.3, -0.25) is 0 Å². The Morgan fingerprint density at radius 3 is 2.77 bits per heavy atom. The number of hydrogen-bond donors (Lipinski definition) is 0. The third-order valence-corrected chi connectivity index (χ3v) is 4.97. The molecule has 22 heavy (non-hydrogen) atoms. The molecule has 1 aliphatic carbocycles. The molecule has 0 amide bonds. The Morgan fingerprint density at radius 1 is 1.18 bits per heavy atom. The van der Waals surface area contributed by atoms with E-state index >= 15 is 0 Å². The number of fused-ring (bicyclic) bond motifs is 3. The second-order valence-electron chi connectivity index (χ2n) is 5.68. The van der Waals surface area contributed by atoms with E-state index in [9.17, 15) is 4.39 Å². The lowest BCUT2D eigenvalue weighted by atomic mass is 10.1. The van der Waals surface area contributed by atoms with Gasteiger partial charge in [0.2, 0.25) is 0 Å². The van der Waals surface area contributed by atoms with E-state index in [-0.39, 0.29) is 5.82 Å². The topological polar surface area (TPSA) is 18.5 Å². The summed E-state index contributed by atoms with van der Waals surface area (Å²) >= 11 is 1.46. The Labute approximate surface area is 132 Å². The highest BCUT2D eigenvalue weighted by Gasteiger charge is 2.23. The van der Waals surface area contributed by atoms with Crippen molar-refractivity contribution in [2.45, 2.75) is 32.3 Å². The molecular weight excluding hydrogens is 299 g/mol. The van der Waals surface area contributed by atoms with Crippen LogP contribution in [0.1, 0.15) is 26.2 Å². The number of halogens is 1. The van der Waals surface area contributed by atoms with Crippen LogP contribution in [0.25, 0.3) is 20.2 Å². The van der Waals surface area contributed by atoms with Crippen molar-refractivity contribution >= 4 is 31.5 Å². The summed E-state index contributed by atoms with van der Waals surface area (Å²) in [5.41, 5.74) is 0. The first-order valence-corrected chi connectivity index (χ1v) is 8.52. The molecule has 1 saturated carbocycles. The molecule has 0 saturated heterocycles. The quantitative estimate of drug-likeness (QED) is 0.616. The van der Waals surface area contributed by atoms with Crippen molar-refractivity contribution in [1.82, 2.24) is 0 Å². The molecule has 114 valence electrons. The predicted octanol–water partition coefficient (Wildman–Crippen LogP) is 5.52. The van der Waals surface area contributed by atoms with Gasteiger partial charge in [-0.2, -0.15) is 0 Å². The zero-order valence-corrected chi connectivity index (χ0v) is 13.2. The van der Waals surface area contributed by atoms with Crippen molar-refractivity contribution in [2.24, 2.45) is 0 Å². The summed E-state index contributed by atoms with van der Waals surface area (Å²) in [4.78, 5) is 0. The highest BCUT2D eigenvalue weighted by molar-refractivity contribution is 7.25. The Kier molecular flexibility index (Phi) is 3.41. The van der Waals surface area contributed by atoms with Gasteiger partial charge >= 0.3 is 0 Å². The van der Waals surface area contributed by atoms with Gasteiger partial charge in [0, 0.05) is 15.5 Å². The number of thiophene rings is 1. The molecule has 2 aromatic carbocycles. The minimum absolute atomic E-state index is 0.253. The van der Waals surface area contributed by atoms with Crippen LogP contribution in [-0.4, -0.2) is 12.7 Å². The van der Waals surface area contributed by atoms with Crippen LogP contribution in [0.15, 0.2) is 30.3 Å². The Balaban J connectivity index is 1.79. The lowest BCUT2D eigenvalue weighted by Crippen LogP contribution is -1.97. The molecule has 4 heteroatoms. The summed E-state index contributed by atoms with van der Waals surface area (Å²) in [6.07, 6.45) is 3.51. The molecule has 0 N–H and O–H groups in total. The molecule has 0 atom stereocenters. The van der Waals surface area contributed by atoms with Crippen molar-refractivity contribution in [2.75, 3.05) is 6.61 Å². The third kappa shape index (κ3) is 2.41. The third-order valence-electron chi connectivity index (χ3n) is 3.81. The zero-order chi connectivity index (χ0) is 15.1. The van der Waals surface area contributed by atoms with E-state index < -0.39 is 0 Å². The minimum atomic E-state index is -0.253. The average molecular weight is 316 g/mol. The first-order chi connectivity index (χ1) is 10.8. The summed E-state index contributed by atoms with van der Waals surface area (Å²) in [6.45, 7) is 2.55. The molecular formula is C18H17FO2S. The van der Waals surface area contributed by atoms with Gasteiger partial charge in [0.05, 0.1) is 17.4 Å². The molecule has 0 unspecified atom stereocenters. The smallest absolute Gasteiger partial charge is 0.182 e. The molecule has 0 spiro atoms. The first kappa shape index (κ1) is 13.8. The van der Waals surface area contributed by atoms with Crippen LogP contribution >= 0.6 is 11.3 Å². The van der Waals surface area contributed by atoms with E-state index in [2.05, 4.69) is 0 Å². The van der Waals surface area contributed by atoms with Gasteiger partial charge in [-0.25, -0.2) is 4.39 Å². The second kappa shape index (κ2) is 5.43. The fourth-order valence-electron chi connectivity index (χ4n) is 2.54. The Morgan fingerprint density at radius 2 is 2.00 bits per heavy atom. The average Bonchev–Trinajstić information content (AvgIpc) is 3.25. The minimum Gasteiger partial charge on any atom is -0.490 e. The number of ether oxygens (including phenoxy) is 2. The lowest BCUT2D eigenvalue weighted by molar-refractivity contribution is 0.303. The number of benzene rings is 2. The summed E-state index contributed by atoms with van der Waals surface area (Å²) in [6, 6.07) is 9.70. The van der Waals surface area contributed by atoms with Crippen LogP contribution in [0.3, 0.4) is 0 Å². The summed E-state index contributed by atoms with van der Waals surface area (Å²) in [5.74, 6) is 0.969. The molecule has 0 radical (unpaired) electrons. The largest absolute Gasteiger partial charge is 0.490 e. The molecule has 3 aromatic rings. The summed E-state index contributed by atoms with van der Waals surface area (Å²) in [7, 11) is 0. The molecule has 2 nitrogen and oxygen atoms in total. The van der Waals surface area contributed by atoms with E-state index in [1.807, 2.05) is 31.2 Å². The lowest BCUT2D eigenvalue weighted by Gasteiger charge is -2.06. The van der Waals surface area contributed by atoms with Gasteiger partial charge in [-0.1, -0.05) is 6.92 Å². The maximum Gasteiger partial charge on any atom is 0.182 e. The van der Waals surface area contributed by atoms with E-state index in [1.165, 1.54) is 11.3 Å². The van der Waals surface area contributed by atoms with Crippen LogP contribution in [-0.2, 0) is 0 Å². The van der Waals surface area contributed by atoms with Crippen molar-refractivity contribution in [3.05, 3.63) is 36.1 Å². The van der Waals surface area contributed by atoms with Crippen molar-refractivity contribution in [3.8, 4) is 11.5 Å². The molecule has 1 fully saturated rings. The molecule has 1 aromatic heterocycles. The second-order valence-corrected chi connectivity index (χ2v) is 6.73. The first-order valence-electron chi connectivity index (χ1n) is 7.70. The highest BCUT2D eigenvalue weighted by atomic mass is 32.1. The van der Waals surface area contributed by atoms with Gasteiger partial charge in [0.1, 0.15) is 5.75 Å². The van der Waals surface area contributed by atoms with Gasteiger partial charge in [0.25, 0.3) is 0 Å². The van der Waals surface area contributed by atoms with Gasteiger partial charge in [-0.05, 0) is 49.6 Å². The van der Waals surface area contributed by atoms with Crippen LogP contribution in [0, 0.1) is 5.82 Å². The molecule has 1 heterocycles. The summed E-state index contributed by atoms with van der Waals surface area (Å²) in [5, 5.41) is 2.02.